The molecule has 1 rings (SSSR count). The Balaban J connectivity index is 2.92. The Kier molecular flexibility index (Phi) is 5.75. The van der Waals surface area contributed by atoms with Crippen molar-refractivity contribution in [2.24, 2.45) is 0 Å². The molecule has 108 valence electrons. The van der Waals surface area contributed by atoms with Gasteiger partial charge in [0.15, 0.2) is 11.6 Å². The molecule has 19 heavy (non-hydrogen) atoms. The summed E-state index contributed by atoms with van der Waals surface area (Å²) in [5.74, 6) is -0.172. The lowest BCUT2D eigenvalue weighted by atomic mass is 10.0. The molecule has 0 saturated heterocycles. The van der Waals surface area contributed by atoms with E-state index in [0.29, 0.717) is 13.0 Å². The smallest absolute Gasteiger partial charge is 0.165 e. The van der Waals surface area contributed by atoms with Gasteiger partial charge in [-0.3, -0.25) is 0 Å². The molecule has 1 atom stereocenters. The molecule has 4 nitrogen and oxygen atoms in total. The minimum Gasteiger partial charge on any atom is -0.494 e. The fourth-order valence-electron chi connectivity index (χ4n) is 1.86. The predicted octanol–water partition coefficient (Wildman–Crippen LogP) is 1.92. The van der Waals surface area contributed by atoms with Crippen molar-refractivity contribution in [3.8, 4) is 5.75 Å². The first-order valence-electron chi connectivity index (χ1n) is 6.12. The SMILES string of the molecule is CCNC(CCS(C)(=O)=O)c1ccc(F)c(OC)c1. The van der Waals surface area contributed by atoms with Gasteiger partial charge in [0.05, 0.1) is 12.9 Å². The first kappa shape index (κ1) is 15.9. The van der Waals surface area contributed by atoms with Crippen molar-refractivity contribution in [2.75, 3.05) is 25.7 Å². The maximum atomic E-state index is 13.4. The molecule has 0 saturated carbocycles. The van der Waals surface area contributed by atoms with Crippen molar-refractivity contribution in [2.45, 2.75) is 19.4 Å². The molecule has 0 aromatic heterocycles. The summed E-state index contributed by atoms with van der Waals surface area (Å²) in [5, 5.41) is 3.20. The number of nitrogens with one attached hydrogen (secondary N) is 1. The van der Waals surface area contributed by atoms with Gasteiger partial charge in [0.1, 0.15) is 9.84 Å². The molecule has 0 amide bonds. The van der Waals surface area contributed by atoms with Gasteiger partial charge in [-0.05, 0) is 30.7 Å². The van der Waals surface area contributed by atoms with Gasteiger partial charge in [-0.2, -0.15) is 0 Å². The Bertz CT molecular complexity index is 517. The predicted molar refractivity (Wildman–Crippen MR) is 73.7 cm³/mol. The van der Waals surface area contributed by atoms with Crippen molar-refractivity contribution in [3.63, 3.8) is 0 Å². The second-order valence-corrected chi connectivity index (χ2v) is 6.68. The molecule has 6 heteroatoms. The first-order chi connectivity index (χ1) is 8.87. The van der Waals surface area contributed by atoms with Crippen LogP contribution in [0.4, 0.5) is 4.39 Å². The molecule has 0 heterocycles. The number of hydrogen-bond donors (Lipinski definition) is 1. The second kappa shape index (κ2) is 6.86. The Hall–Kier alpha value is -1.14. The summed E-state index contributed by atoms with van der Waals surface area (Å²) >= 11 is 0. The Morgan fingerprint density at radius 3 is 2.63 bits per heavy atom. The minimum atomic E-state index is -3.01. The summed E-state index contributed by atoms with van der Waals surface area (Å²) in [7, 11) is -1.61. The van der Waals surface area contributed by atoms with Gasteiger partial charge in [-0.15, -0.1) is 0 Å². The zero-order valence-corrected chi connectivity index (χ0v) is 12.3. The summed E-state index contributed by atoms with van der Waals surface area (Å²) < 4.78 is 40.8. The molecular formula is C13H20FNO3S. The maximum absolute atomic E-state index is 13.4. The summed E-state index contributed by atoms with van der Waals surface area (Å²) in [4.78, 5) is 0. The molecule has 0 aliphatic rings. The highest BCUT2D eigenvalue weighted by molar-refractivity contribution is 7.90. The standard InChI is InChI=1S/C13H20FNO3S/c1-4-15-12(7-8-19(3,16)17)10-5-6-11(14)13(9-10)18-2/h5-6,9,12,15H,4,7-8H2,1-3H3. The van der Waals surface area contributed by atoms with E-state index >= 15 is 0 Å². The lowest BCUT2D eigenvalue weighted by molar-refractivity contribution is 0.384. The molecule has 0 bridgehead atoms. The Morgan fingerprint density at radius 1 is 1.42 bits per heavy atom. The lowest BCUT2D eigenvalue weighted by Crippen LogP contribution is -2.23. The maximum Gasteiger partial charge on any atom is 0.165 e. The zero-order valence-electron chi connectivity index (χ0n) is 11.4. The van der Waals surface area contributed by atoms with Crippen molar-refractivity contribution in [1.29, 1.82) is 0 Å². The van der Waals surface area contributed by atoms with Crippen molar-refractivity contribution < 1.29 is 17.5 Å². The number of rotatable bonds is 7. The molecule has 0 aliphatic heterocycles. The molecule has 1 N–H and O–H groups in total. The topological polar surface area (TPSA) is 55.4 Å². The molecule has 1 aromatic rings. The van der Waals surface area contributed by atoms with E-state index in [1.165, 1.54) is 19.4 Å². The van der Waals surface area contributed by atoms with Gasteiger partial charge < -0.3 is 10.1 Å². The molecule has 1 unspecified atom stereocenters. The summed E-state index contributed by atoms with van der Waals surface area (Å²) in [5.41, 5.74) is 0.823. The third kappa shape index (κ3) is 5.16. The fourth-order valence-corrected chi connectivity index (χ4v) is 2.52. The molecule has 0 radical (unpaired) electrons. The Morgan fingerprint density at radius 2 is 2.11 bits per heavy atom. The highest BCUT2D eigenvalue weighted by Crippen LogP contribution is 2.24. The summed E-state index contributed by atoms with van der Waals surface area (Å²) in [6.45, 7) is 2.64. The van der Waals surface area contributed by atoms with Gasteiger partial charge in [-0.25, -0.2) is 12.8 Å². The van der Waals surface area contributed by atoms with Crippen LogP contribution in [0.15, 0.2) is 18.2 Å². The average Bonchev–Trinajstić information content (AvgIpc) is 2.34. The fraction of sp³-hybridized carbons (Fsp3) is 0.538. The lowest BCUT2D eigenvalue weighted by Gasteiger charge is -2.18. The van der Waals surface area contributed by atoms with Gasteiger partial charge in [-0.1, -0.05) is 13.0 Å². The second-order valence-electron chi connectivity index (χ2n) is 4.42. The molecule has 0 fully saturated rings. The van der Waals surface area contributed by atoms with E-state index in [-0.39, 0.29) is 17.5 Å². The quantitative estimate of drug-likeness (QED) is 0.833. The van der Waals surface area contributed by atoms with E-state index in [1.807, 2.05) is 6.92 Å². The van der Waals surface area contributed by atoms with Crippen LogP contribution in [0.25, 0.3) is 0 Å². The van der Waals surface area contributed by atoms with E-state index in [9.17, 15) is 12.8 Å². The number of benzene rings is 1. The van der Waals surface area contributed by atoms with E-state index in [4.69, 9.17) is 4.74 Å². The van der Waals surface area contributed by atoms with Crippen LogP contribution in [0.5, 0.6) is 5.75 Å². The van der Waals surface area contributed by atoms with Crippen LogP contribution in [0.3, 0.4) is 0 Å². The zero-order chi connectivity index (χ0) is 14.5. The van der Waals surface area contributed by atoms with Crippen molar-refractivity contribution >= 4 is 9.84 Å². The normalized spacial score (nSPS) is 13.3. The first-order valence-corrected chi connectivity index (χ1v) is 8.18. The van der Waals surface area contributed by atoms with Crippen LogP contribution in [-0.4, -0.2) is 34.1 Å². The van der Waals surface area contributed by atoms with E-state index in [2.05, 4.69) is 5.32 Å². The highest BCUT2D eigenvalue weighted by atomic mass is 32.2. The number of halogens is 1. The van der Waals surface area contributed by atoms with Gasteiger partial charge in [0.2, 0.25) is 0 Å². The van der Waals surface area contributed by atoms with Crippen molar-refractivity contribution in [3.05, 3.63) is 29.6 Å². The molecular weight excluding hydrogens is 269 g/mol. The van der Waals surface area contributed by atoms with Crippen LogP contribution >= 0.6 is 0 Å². The summed E-state index contributed by atoms with van der Waals surface area (Å²) in [6, 6.07) is 4.45. The van der Waals surface area contributed by atoms with Gasteiger partial charge in [0, 0.05) is 12.3 Å². The van der Waals surface area contributed by atoms with Crippen LogP contribution in [0, 0.1) is 5.82 Å². The third-order valence-corrected chi connectivity index (χ3v) is 3.78. The number of sulfone groups is 1. The van der Waals surface area contributed by atoms with Gasteiger partial charge in [0.25, 0.3) is 0 Å². The third-order valence-electron chi connectivity index (χ3n) is 2.81. The van der Waals surface area contributed by atoms with Crippen LogP contribution in [-0.2, 0) is 9.84 Å². The Labute approximate surface area is 113 Å². The highest BCUT2D eigenvalue weighted by Gasteiger charge is 2.15. The number of hydrogen-bond acceptors (Lipinski definition) is 4. The van der Waals surface area contributed by atoms with E-state index < -0.39 is 15.7 Å². The molecule has 0 aliphatic carbocycles. The monoisotopic (exact) mass is 289 g/mol. The molecule has 1 aromatic carbocycles. The van der Waals surface area contributed by atoms with Crippen LogP contribution in [0.1, 0.15) is 24.9 Å². The van der Waals surface area contributed by atoms with E-state index in [0.717, 1.165) is 5.56 Å². The van der Waals surface area contributed by atoms with Gasteiger partial charge >= 0.3 is 0 Å². The van der Waals surface area contributed by atoms with Crippen LogP contribution in [0.2, 0.25) is 0 Å². The number of ether oxygens (including phenoxy) is 1. The molecule has 0 spiro atoms. The minimum absolute atomic E-state index is 0.0877. The van der Waals surface area contributed by atoms with Crippen LogP contribution < -0.4 is 10.1 Å². The van der Waals surface area contributed by atoms with E-state index in [1.54, 1.807) is 12.1 Å². The van der Waals surface area contributed by atoms with Crippen molar-refractivity contribution in [1.82, 2.24) is 5.32 Å². The summed E-state index contributed by atoms with van der Waals surface area (Å²) in [6.07, 6.45) is 1.66. The average molecular weight is 289 g/mol. The number of methoxy groups -OCH3 is 1. The largest absolute Gasteiger partial charge is 0.494 e.